The number of fused-ring (bicyclic) bond motifs is 1. The zero-order valence-corrected chi connectivity index (χ0v) is 24.4. The maximum absolute atomic E-state index is 14.4. The van der Waals surface area contributed by atoms with E-state index in [4.69, 9.17) is 8.22 Å². The van der Waals surface area contributed by atoms with Gasteiger partial charge in [0, 0.05) is 21.1 Å². The van der Waals surface area contributed by atoms with Crippen molar-refractivity contribution in [1.82, 2.24) is 0 Å². The highest BCUT2D eigenvalue weighted by Gasteiger charge is 2.70. The largest absolute Gasteiger partial charge is 0.438 e. The first-order valence-corrected chi connectivity index (χ1v) is 14.5. The summed E-state index contributed by atoms with van der Waals surface area (Å²) >= 11 is 0. The molecule has 0 aromatic rings. The van der Waals surface area contributed by atoms with E-state index in [1.165, 1.54) is 0 Å². The van der Waals surface area contributed by atoms with Crippen LogP contribution in [0.3, 0.4) is 0 Å². The number of alkyl halides is 7. The van der Waals surface area contributed by atoms with Gasteiger partial charge in [0.05, 0.1) is 11.7 Å². The summed E-state index contributed by atoms with van der Waals surface area (Å²) in [6.07, 6.45) is -9.45. The second-order valence-electron chi connectivity index (χ2n) is 13.1. The predicted octanol–water partition coefficient (Wildman–Crippen LogP) is 8.30. The Morgan fingerprint density at radius 1 is 1.07 bits per heavy atom. The third-order valence-corrected chi connectivity index (χ3v) is 9.90. The molecule has 0 aliphatic heterocycles. The summed E-state index contributed by atoms with van der Waals surface area (Å²) in [6, 6.07) is 0. The van der Waals surface area contributed by atoms with Gasteiger partial charge in [0.1, 0.15) is 6.17 Å². The molecule has 2 unspecified atom stereocenters. The number of halogens is 7. The predicted molar refractivity (Wildman–Crippen MR) is 151 cm³/mol. The average Bonchev–Trinajstić information content (AvgIpc) is 3.29. The number of hydrogen-bond donors (Lipinski definition) is 3. The highest BCUT2D eigenvalue weighted by atomic mass is 19.4. The van der Waals surface area contributed by atoms with E-state index < -0.39 is 79.1 Å². The molecule has 0 aromatic carbocycles. The van der Waals surface area contributed by atoms with Crippen LogP contribution in [-0.4, -0.2) is 51.1 Å². The molecule has 3 N–H and O–H groups in total. The molecule has 0 radical (unpaired) electrons. The van der Waals surface area contributed by atoms with E-state index in [-0.39, 0.29) is 37.2 Å². The van der Waals surface area contributed by atoms with Gasteiger partial charge in [0.25, 0.3) is 0 Å². The lowest BCUT2D eigenvalue weighted by atomic mass is 9.55. The number of aliphatic hydroxyl groups is 3. The van der Waals surface area contributed by atoms with Crippen LogP contribution in [0.4, 0.5) is 30.7 Å². The fraction of sp³-hybridized carbons (Fsp3) is 0.758. The highest BCUT2D eigenvalue weighted by Crippen LogP contribution is 2.63. The van der Waals surface area contributed by atoms with Crippen LogP contribution in [0, 0.1) is 34.5 Å². The molecule has 3 nitrogen and oxygen atoms in total. The third kappa shape index (κ3) is 7.70. The van der Waals surface area contributed by atoms with Crippen LogP contribution in [0.25, 0.3) is 0 Å². The van der Waals surface area contributed by atoms with E-state index in [2.05, 4.69) is 6.58 Å². The molecule has 3 rings (SSSR count). The molecular formula is C33H45F7O3. The number of aliphatic hydroxyl groups excluding tert-OH is 1. The van der Waals surface area contributed by atoms with E-state index in [0.717, 1.165) is 11.5 Å². The van der Waals surface area contributed by atoms with Crippen molar-refractivity contribution < 1.29 is 54.3 Å². The van der Waals surface area contributed by atoms with Gasteiger partial charge >= 0.3 is 18.0 Å². The van der Waals surface area contributed by atoms with E-state index in [9.17, 15) is 46.1 Å². The van der Waals surface area contributed by atoms with Crippen LogP contribution in [0.15, 0.2) is 35.5 Å². The summed E-state index contributed by atoms with van der Waals surface area (Å²) < 4.78 is 141. The number of allylic oxidation sites excluding steroid dienone is 4. The number of hydrogen-bond acceptors (Lipinski definition) is 3. The number of rotatable bonds is 7. The molecule has 3 aliphatic carbocycles. The Labute approximate surface area is 258 Å². The van der Waals surface area contributed by atoms with Gasteiger partial charge < -0.3 is 15.3 Å². The van der Waals surface area contributed by atoms with Gasteiger partial charge in [-0.25, -0.2) is 4.39 Å². The maximum Gasteiger partial charge on any atom is 0.438 e. The molecule has 3 saturated carbocycles. The minimum atomic E-state index is -6.16. The van der Waals surface area contributed by atoms with Crippen molar-refractivity contribution in [1.29, 1.82) is 0 Å². The van der Waals surface area contributed by atoms with Crippen molar-refractivity contribution in [2.45, 2.75) is 134 Å². The van der Waals surface area contributed by atoms with Gasteiger partial charge in [-0.05, 0) is 105 Å². The lowest BCUT2D eigenvalue weighted by molar-refractivity contribution is -0.343. The van der Waals surface area contributed by atoms with Crippen LogP contribution in [-0.2, 0) is 0 Å². The molecular weight excluding hydrogens is 577 g/mol. The fourth-order valence-electron chi connectivity index (χ4n) is 7.63. The minimum absolute atomic E-state index is 0.0456. The first-order chi connectivity index (χ1) is 22.0. The smallest absolute Gasteiger partial charge is 0.393 e. The van der Waals surface area contributed by atoms with Crippen molar-refractivity contribution in [3.8, 4) is 11.8 Å². The van der Waals surface area contributed by atoms with Gasteiger partial charge in [-0.15, -0.1) is 0 Å². The summed E-state index contributed by atoms with van der Waals surface area (Å²) in [4.78, 5) is 0. The molecule has 0 spiro atoms. The van der Waals surface area contributed by atoms with E-state index >= 15 is 0 Å². The Balaban J connectivity index is 2.03. The molecule has 0 aromatic heterocycles. The Morgan fingerprint density at radius 3 is 2.33 bits per heavy atom. The van der Waals surface area contributed by atoms with Gasteiger partial charge in [-0.1, -0.05) is 50.5 Å². The van der Waals surface area contributed by atoms with E-state index in [1.807, 2.05) is 18.9 Å². The molecule has 3 fully saturated rings. The van der Waals surface area contributed by atoms with Gasteiger partial charge in [-0.3, -0.25) is 0 Å². The van der Waals surface area contributed by atoms with Crippen LogP contribution >= 0.6 is 0 Å². The topological polar surface area (TPSA) is 60.7 Å². The van der Waals surface area contributed by atoms with Crippen molar-refractivity contribution in [2.75, 3.05) is 0 Å². The summed E-state index contributed by atoms with van der Waals surface area (Å²) in [5.74, 6) is 2.47. The van der Waals surface area contributed by atoms with Crippen molar-refractivity contribution in [2.24, 2.45) is 22.7 Å². The van der Waals surface area contributed by atoms with Crippen molar-refractivity contribution >= 4 is 0 Å². The zero-order valence-electron chi connectivity index (χ0n) is 30.4. The summed E-state index contributed by atoms with van der Waals surface area (Å²) in [7, 11) is 0. The van der Waals surface area contributed by atoms with Crippen LogP contribution in [0.1, 0.15) is 106 Å². The monoisotopic (exact) mass is 628 g/mol. The normalized spacial score (nSPS) is 35.0. The lowest BCUT2D eigenvalue weighted by Crippen LogP contribution is -2.55. The molecule has 43 heavy (non-hydrogen) atoms. The molecule has 6 atom stereocenters. The van der Waals surface area contributed by atoms with E-state index in [1.54, 1.807) is 13.0 Å². The van der Waals surface area contributed by atoms with E-state index in [0.29, 0.717) is 37.7 Å². The lowest BCUT2D eigenvalue weighted by Gasteiger charge is -2.49. The molecule has 0 heterocycles. The first kappa shape index (κ1) is 27.5. The van der Waals surface area contributed by atoms with Crippen molar-refractivity contribution in [3.63, 3.8) is 0 Å². The highest BCUT2D eigenvalue weighted by molar-refractivity contribution is 5.39. The zero-order chi connectivity index (χ0) is 37.6. The van der Waals surface area contributed by atoms with Crippen molar-refractivity contribution in [3.05, 3.63) is 35.5 Å². The second kappa shape index (κ2) is 12.5. The molecule has 244 valence electrons. The van der Waals surface area contributed by atoms with Crippen LogP contribution < -0.4 is 0 Å². The summed E-state index contributed by atoms with van der Waals surface area (Å²) in [6.45, 7) is 0.717. The third-order valence-electron chi connectivity index (χ3n) is 9.90. The Morgan fingerprint density at radius 2 is 1.72 bits per heavy atom. The molecule has 0 amide bonds. The standard InChI is InChI=1S/C33H45F7O3/c1-21-23(19-24(41)20-26(21)34)11-10-22-9-6-17-30(5)25(22)12-13-27(30)29(4,15-7-14-28(2,3)42)16-8-18-31(43,32(35,36)37)33(38,39)40/h10-11,24-27,41-43H,1,6-7,9,12-17,19-20H2,2-5H3/t24-,25?,26+,27-,29?,30+/m1/s1/i2D3,3D3. The fourth-order valence-corrected chi connectivity index (χ4v) is 7.63. The second-order valence-corrected chi connectivity index (χ2v) is 13.1. The minimum Gasteiger partial charge on any atom is -0.393 e. The summed E-state index contributed by atoms with van der Waals surface area (Å²) in [5.41, 5.74) is -8.34. The molecule has 10 heteroatoms. The van der Waals surface area contributed by atoms with Gasteiger partial charge in [0.15, 0.2) is 0 Å². The SMILES string of the molecule is [2H]C([2H])([2H])C(O)(CCCC(C)(CC#CC(O)(C(F)(F)F)C(F)(F)F)[C@H]1CCC2C(=CC=C3C[C@@H](O)C[C@H](F)C3=C)CCC[C@@]21C)C([2H])([2H])[2H]. The molecule has 3 aliphatic rings. The Hall–Kier alpha value is -1.83. The Bertz CT molecular complexity index is 1330. The van der Waals surface area contributed by atoms with Gasteiger partial charge in [0.2, 0.25) is 0 Å². The quantitative estimate of drug-likeness (QED) is 0.196. The van der Waals surface area contributed by atoms with Gasteiger partial charge in [-0.2, -0.15) is 26.3 Å². The maximum atomic E-state index is 14.4. The first-order valence-electron chi connectivity index (χ1n) is 17.5. The Kier molecular flexibility index (Phi) is 8.00. The van der Waals surface area contributed by atoms with Crippen LogP contribution in [0.5, 0.6) is 0 Å². The molecule has 0 bridgehead atoms. The average molecular weight is 629 g/mol. The van der Waals surface area contributed by atoms with Crippen LogP contribution in [0.2, 0.25) is 0 Å². The molecule has 0 saturated heterocycles. The summed E-state index contributed by atoms with van der Waals surface area (Å²) in [5, 5.41) is 30.5.